The Bertz CT molecular complexity index is 958. The lowest BCUT2D eigenvalue weighted by Gasteiger charge is -2.61. The molecule has 0 aromatic heterocycles. The van der Waals surface area contributed by atoms with Crippen LogP contribution in [0.15, 0.2) is 46.2 Å². The number of carbonyl (C=O) groups is 4. The number of fused-ring (bicyclic) bond motifs is 1. The van der Waals surface area contributed by atoms with Gasteiger partial charge in [0.1, 0.15) is 0 Å². The summed E-state index contributed by atoms with van der Waals surface area (Å²) in [5.41, 5.74) is 0. The van der Waals surface area contributed by atoms with Gasteiger partial charge in [0, 0.05) is 10.8 Å². The number of rotatable bonds is 2. The van der Waals surface area contributed by atoms with Crippen molar-refractivity contribution in [3.8, 4) is 0 Å². The molecular weight excluding hydrogens is 364 g/mol. The molecule has 2 heterocycles. The van der Waals surface area contributed by atoms with Gasteiger partial charge in [0.15, 0.2) is 0 Å². The first-order valence-electron chi connectivity index (χ1n) is 9.20. The van der Waals surface area contributed by atoms with Crippen molar-refractivity contribution in [3.63, 3.8) is 0 Å². The van der Waals surface area contributed by atoms with Gasteiger partial charge >= 0.3 is 0 Å². The summed E-state index contributed by atoms with van der Waals surface area (Å²) < 4.78 is 0. The molecule has 0 radical (unpaired) electrons. The number of hydrogen-bond acceptors (Lipinski definition) is 5. The van der Waals surface area contributed by atoms with Gasteiger partial charge in [-0.3, -0.25) is 29.8 Å². The molecule has 4 aliphatic carbocycles. The molecule has 6 nitrogen and oxygen atoms in total. The summed E-state index contributed by atoms with van der Waals surface area (Å²) in [4.78, 5) is 51.8. The number of hydrogen-bond donors (Lipinski definition) is 2. The van der Waals surface area contributed by atoms with E-state index >= 15 is 0 Å². The standard InChI is InChI=1S/C20H16N2O4S/c23-17-11-8-6-9(27-7-4-2-1-3-5-7)12(15(11)19(25)21-17)13-10(8)14-16(13)20(26)22-18(14)24/h1-6,8,10-16H,(H,21,23,25)(H,22,24,26)/t8-,10+,11-,12+,13+,14-,15-,16+/m1/s1. The van der Waals surface area contributed by atoms with E-state index < -0.39 is 11.8 Å². The third kappa shape index (κ3) is 1.83. The summed E-state index contributed by atoms with van der Waals surface area (Å²) in [6.45, 7) is 0. The summed E-state index contributed by atoms with van der Waals surface area (Å²) >= 11 is 1.61. The first-order valence-corrected chi connectivity index (χ1v) is 10.0. The van der Waals surface area contributed by atoms with Crippen LogP contribution in [-0.4, -0.2) is 23.6 Å². The minimum Gasteiger partial charge on any atom is -0.296 e. The van der Waals surface area contributed by atoms with Crippen LogP contribution in [0.3, 0.4) is 0 Å². The first kappa shape index (κ1) is 15.6. The smallest absolute Gasteiger partial charge is 0.231 e. The molecule has 2 N–H and O–H groups in total. The molecule has 0 spiro atoms. The van der Waals surface area contributed by atoms with Crippen molar-refractivity contribution in [1.29, 1.82) is 0 Å². The van der Waals surface area contributed by atoms with E-state index in [2.05, 4.69) is 16.7 Å². The molecule has 4 fully saturated rings. The van der Waals surface area contributed by atoms with Crippen LogP contribution >= 0.6 is 11.8 Å². The lowest BCUT2D eigenvalue weighted by molar-refractivity contribution is -0.167. The van der Waals surface area contributed by atoms with E-state index in [0.717, 1.165) is 9.80 Å². The zero-order chi connectivity index (χ0) is 18.4. The minimum atomic E-state index is -0.426. The highest BCUT2D eigenvalue weighted by Crippen LogP contribution is 2.69. The molecule has 8 atom stereocenters. The molecule has 0 unspecified atom stereocenters. The zero-order valence-corrected chi connectivity index (χ0v) is 14.9. The molecule has 7 rings (SSSR count). The molecule has 7 heteroatoms. The Kier molecular flexibility index (Phi) is 2.95. The van der Waals surface area contributed by atoms with E-state index in [1.807, 2.05) is 30.3 Å². The van der Waals surface area contributed by atoms with Crippen molar-refractivity contribution < 1.29 is 19.2 Å². The van der Waals surface area contributed by atoms with Crippen LogP contribution in [0.1, 0.15) is 0 Å². The Morgan fingerprint density at radius 1 is 0.667 bits per heavy atom. The van der Waals surface area contributed by atoms with Crippen LogP contribution < -0.4 is 10.6 Å². The van der Waals surface area contributed by atoms with E-state index in [4.69, 9.17) is 0 Å². The Hall–Kier alpha value is -2.41. The van der Waals surface area contributed by atoms with Crippen LogP contribution in [0, 0.1) is 47.3 Å². The Morgan fingerprint density at radius 2 is 1.26 bits per heavy atom. The van der Waals surface area contributed by atoms with Crippen LogP contribution in [0.2, 0.25) is 0 Å². The third-order valence-electron chi connectivity index (χ3n) is 7.08. The molecule has 136 valence electrons. The summed E-state index contributed by atoms with van der Waals surface area (Å²) in [5, 5.41) is 4.96. The quantitative estimate of drug-likeness (QED) is 0.745. The summed E-state index contributed by atoms with van der Waals surface area (Å²) in [6, 6.07) is 9.90. The molecule has 2 bridgehead atoms. The van der Waals surface area contributed by atoms with E-state index in [1.54, 1.807) is 11.8 Å². The average molecular weight is 380 g/mol. The van der Waals surface area contributed by atoms with Crippen molar-refractivity contribution in [2.24, 2.45) is 47.3 Å². The number of carbonyl (C=O) groups excluding carboxylic acids is 4. The number of amides is 4. The fourth-order valence-electron chi connectivity index (χ4n) is 6.24. The molecule has 4 amide bonds. The Balaban J connectivity index is 1.46. The summed E-state index contributed by atoms with van der Waals surface area (Å²) in [7, 11) is 0. The second-order valence-electron chi connectivity index (χ2n) is 8.05. The van der Waals surface area contributed by atoms with E-state index in [1.165, 1.54) is 0 Å². The van der Waals surface area contributed by atoms with Gasteiger partial charge in [-0.1, -0.05) is 36.0 Å². The fraction of sp³-hybridized carbons (Fsp3) is 0.400. The van der Waals surface area contributed by atoms with Crippen molar-refractivity contribution in [2.75, 3.05) is 0 Å². The molecule has 2 saturated carbocycles. The lowest BCUT2D eigenvalue weighted by Crippen LogP contribution is -2.64. The maximum Gasteiger partial charge on any atom is 0.231 e. The fourth-order valence-corrected chi connectivity index (χ4v) is 7.47. The number of nitrogens with one attached hydrogen (secondary N) is 2. The molecule has 2 aliphatic heterocycles. The largest absolute Gasteiger partial charge is 0.296 e. The second kappa shape index (κ2) is 5.10. The lowest BCUT2D eigenvalue weighted by atomic mass is 9.40. The van der Waals surface area contributed by atoms with Crippen LogP contribution in [0.5, 0.6) is 0 Å². The van der Waals surface area contributed by atoms with Crippen LogP contribution in [0.25, 0.3) is 0 Å². The SMILES string of the molecule is O=C1NC(=O)[C@@H]2[C@@H]3C=C(Sc4ccccc4)[C@H]([C@H]12)[C@H]1[C@@H]2C(=O)NC(=O)[C@@H]2[C@@H]31. The summed E-state index contributed by atoms with van der Waals surface area (Å²) in [5.74, 6) is -2.85. The topological polar surface area (TPSA) is 92.3 Å². The predicted molar refractivity (Wildman–Crippen MR) is 94.6 cm³/mol. The van der Waals surface area contributed by atoms with Crippen molar-refractivity contribution in [2.45, 2.75) is 4.90 Å². The monoisotopic (exact) mass is 380 g/mol. The molecular formula is C20H16N2O4S. The first-order chi connectivity index (χ1) is 13.1. The summed E-state index contributed by atoms with van der Waals surface area (Å²) in [6.07, 6.45) is 2.11. The van der Waals surface area contributed by atoms with Gasteiger partial charge in [-0.15, -0.1) is 0 Å². The van der Waals surface area contributed by atoms with Crippen LogP contribution in [-0.2, 0) is 19.2 Å². The van der Waals surface area contributed by atoms with Gasteiger partial charge in [0.2, 0.25) is 23.6 Å². The average Bonchev–Trinajstić information content (AvgIpc) is 3.04. The van der Waals surface area contributed by atoms with Crippen molar-refractivity contribution in [3.05, 3.63) is 41.3 Å². The predicted octanol–water partition coefficient (Wildman–Crippen LogP) is 0.946. The highest BCUT2D eigenvalue weighted by Gasteiger charge is 2.74. The van der Waals surface area contributed by atoms with Gasteiger partial charge in [0.05, 0.1) is 23.7 Å². The van der Waals surface area contributed by atoms with Crippen molar-refractivity contribution in [1.82, 2.24) is 10.6 Å². The Morgan fingerprint density at radius 3 is 1.96 bits per heavy atom. The third-order valence-corrected chi connectivity index (χ3v) is 8.23. The number of thioether (sulfide) groups is 1. The second-order valence-corrected chi connectivity index (χ2v) is 9.20. The minimum absolute atomic E-state index is 0.0236. The highest BCUT2D eigenvalue weighted by molar-refractivity contribution is 8.03. The highest BCUT2D eigenvalue weighted by atomic mass is 32.2. The molecule has 1 aromatic rings. The van der Waals surface area contributed by atoms with Gasteiger partial charge < -0.3 is 0 Å². The molecule has 1 aromatic carbocycles. The van der Waals surface area contributed by atoms with E-state index in [0.29, 0.717) is 0 Å². The van der Waals surface area contributed by atoms with Gasteiger partial charge in [0.25, 0.3) is 0 Å². The Labute approximate surface area is 159 Å². The van der Waals surface area contributed by atoms with Crippen LogP contribution in [0.4, 0.5) is 0 Å². The molecule has 27 heavy (non-hydrogen) atoms. The van der Waals surface area contributed by atoms with Gasteiger partial charge in [-0.05, 0) is 34.8 Å². The van der Waals surface area contributed by atoms with Gasteiger partial charge in [-0.2, -0.15) is 0 Å². The van der Waals surface area contributed by atoms with Crippen molar-refractivity contribution >= 4 is 35.4 Å². The maximum absolute atomic E-state index is 12.6. The van der Waals surface area contributed by atoms with Gasteiger partial charge in [-0.25, -0.2) is 0 Å². The van der Waals surface area contributed by atoms with E-state index in [-0.39, 0.29) is 59.1 Å². The number of allylic oxidation sites excluding steroid dienone is 2. The number of imide groups is 2. The van der Waals surface area contributed by atoms with E-state index in [9.17, 15) is 19.2 Å². The normalized spacial score (nSPS) is 43.3. The zero-order valence-electron chi connectivity index (χ0n) is 14.1. The molecule has 2 saturated heterocycles. The molecule has 6 aliphatic rings. The number of benzene rings is 1. The maximum atomic E-state index is 12.6.